The van der Waals surface area contributed by atoms with Crippen LogP contribution in [0.25, 0.3) is 0 Å². The molecule has 0 unspecified atom stereocenters. The van der Waals surface area contributed by atoms with Gasteiger partial charge < -0.3 is 9.88 Å². The molecule has 1 fully saturated rings. The molecule has 1 saturated heterocycles. The maximum Gasteiger partial charge on any atom is 0.304 e. The average Bonchev–Trinajstić information content (AvgIpc) is 2.61. The van der Waals surface area contributed by atoms with E-state index in [4.69, 9.17) is 0 Å². The molecule has 6 heteroatoms. The number of aromatic amines is 1. The first kappa shape index (κ1) is 9.14. The number of carbonyl (C=O) groups excluding carboxylic acids is 2. The summed E-state index contributed by atoms with van der Waals surface area (Å²) in [5, 5.41) is 1.67. The van der Waals surface area contributed by atoms with Gasteiger partial charge in [-0.15, -0.1) is 0 Å². The van der Waals surface area contributed by atoms with Gasteiger partial charge in [-0.05, 0) is 0 Å². The van der Waals surface area contributed by atoms with E-state index in [-0.39, 0.29) is 29.5 Å². The average molecular weight is 212 g/mol. The second-order valence-electron chi connectivity index (χ2n) is 3.14. The van der Waals surface area contributed by atoms with Crippen molar-refractivity contribution in [3.8, 4) is 0 Å². The van der Waals surface area contributed by atoms with Crippen molar-refractivity contribution in [2.75, 3.05) is 6.54 Å². The largest absolute Gasteiger partial charge is 0.329 e. The highest BCUT2D eigenvalue weighted by atomic mass is 32.1. The first-order valence-electron chi connectivity index (χ1n) is 4.11. The van der Waals surface area contributed by atoms with Gasteiger partial charge in [-0.2, -0.15) is 0 Å². The Morgan fingerprint density at radius 1 is 1.43 bits per heavy atom. The Morgan fingerprint density at radius 2 is 2.21 bits per heavy atom. The lowest BCUT2D eigenvalue weighted by Crippen LogP contribution is -2.25. The topological polar surface area (TPSA) is 70.2 Å². The van der Waals surface area contributed by atoms with Crippen LogP contribution in [0.4, 0.5) is 0 Å². The lowest BCUT2D eigenvalue weighted by molar-refractivity contribution is -0.128. The predicted octanol–water partition coefficient (Wildman–Crippen LogP) is -0.262. The van der Waals surface area contributed by atoms with Crippen molar-refractivity contribution in [3.05, 3.63) is 20.7 Å². The molecule has 0 spiro atoms. The van der Waals surface area contributed by atoms with Crippen LogP contribution in [0.15, 0.2) is 10.2 Å². The second kappa shape index (κ2) is 3.38. The Kier molecular flexibility index (Phi) is 2.20. The zero-order chi connectivity index (χ0) is 10.1. The van der Waals surface area contributed by atoms with Gasteiger partial charge in [0.1, 0.15) is 0 Å². The number of nitrogens with one attached hydrogen (secondary N) is 1. The maximum absolute atomic E-state index is 11.2. The number of H-pyrrole nitrogens is 1. The third kappa shape index (κ3) is 1.74. The molecule has 1 aliphatic heterocycles. The summed E-state index contributed by atoms with van der Waals surface area (Å²) < 4.78 is 0. The summed E-state index contributed by atoms with van der Waals surface area (Å²) in [5.41, 5.74) is 0.683. The number of likely N-dealkylation sites (tertiary alicyclic amines) is 1. The van der Waals surface area contributed by atoms with Gasteiger partial charge in [-0.25, -0.2) is 0 Å². The lowest BCUT2D eigenvalue weighted by atomic mass is 10.3. The third-order valence-electron chi connectivity index (χ3n) is 2.00. The van der Waals surface area contributed by atoms with Crippen LogP contribution in [0, 0.1) is 0 Å². The van der Waals surface area contributed by atoms with E-state index in [2.05, 4.69) is 4.98 Å². The van der Waals surface area contributed by atoms with Gasteiger partial charge in [-0.1, -0.05) is 11.3 Å². The predicted molar refractivity (Wildman–Crippen MR) is 50.0 cm³/mol. The minimum Gasteiger partial charge on any atom is -0.329 e. The number of amides is 1. The number of ketones is 1. The maximum atomic E-state index is 11.2. The normalized spacial score (nSPS) is 16.7. The standard InChI is InChI=1S/C8H8N2O3S/c11-6-1-7(12)10(3-6)2-5-4-14-8(13)9-5/h4H,1-3H2,(H,9,13). The van der Waals surface area contributed by atoms with Gasteiger partial charge in [0, 0.05) is 11.1 Å². The van der Waals surface area contributed by atoms with Crippen LogP contribution in [-0.4, -0.2) is 28.1 Å². The molecular formula is C8H8N2O3S. The van der Waals surface area contributed by atoms with Gasteiger partial charge in [0.15, 0.2) is 5.78 Å². The Labute approximate surface area is 83.4 Å². The van der Waals surface area contributed by atoms with E-state index in [1.54, 1.807) is 5.38 Å². The molecule has 0 saturated carbocycles. The summed E-state index contributed by atoms with van der Waals surface area (Å²) >= 11 is 1.06. The van der Waals surface area contributed by atoms with Crippen molar-refractivity contribution in [1.29, 1.82) is 0 Å². The van der Waals surface area contributed by atoms with E-state index in [9.17, 15) is 14.4 Å². The number of thiazole rings is 1. The van der Waals surface area contributed by atoms with Crippen molar-refractivity contribution < 1.29 is 9.59 Å². The van der Waals surface area contributed by atoms with E-state index in [0.29, 0.717) is 12.2 Å². The molecule has 0 radical (unpaired) electrons. The van der Waals surface area contributed by atoms with Crippen LogP contribution in [-0.2, 0) is 16.1 Å². The number of rotatable bonds is 2. The molecule has 0 aromatic carbocycles. The minimum atomic E-state index is -0.165. The highest BCUT2D eigenvalue weighted by Gasteiger charge is 2.27. The molecule has 0 bridgehead atoms. The molecule has 5 nitrogen and oxygen atoms in total. The summed E-state index contributed by atoms with van der Waals surface area (Å²) in [4.78, 5) is 36.8. The zero-order valence-corrected chi connectivity index (χ0v) is 8.10. The number of nitrogens with zero attached hydrogens (tertiary/aromatic N) is 1. The smallest absolute Gasteiger partial charge is 0.304 e. The van der Waals surface area contributed by atoms with Crippen LogP contribution in [0.5, 0.6) is 0 Å². The molecule has 1 N–H and O–H groups in total. The van der Waals surface area contributed by atoms with Crippen LogP contribution in [0.3, 0.4) is 0 Å². The van der Waals surface area contributed by atoms with Crippen LogP contribution in [0.1, 0.15) is 12.1 Å². The molecule has 1 amide bonds. The highest BCUT2D eigenvalue weighted by molar-refractivity contribution is 7.07. The molecule has 2 heterocycles. The van der Waals surface area contributed by atoms with Gasteiger partial charge in [0.25, 0.3) is 0 Å². The first-order valence-corrected chi connectivity index (χ1v) is 4.99. The summed E-state index contributed by atoms with van der Waals surface area (Å²) in [5.74, 6) is -0.227. The number of Topliss-reactive ketones (excluding diaryl/α,β-unsaturated/α-hetero) is 1. The Morgan fingerprint density at radius 3 is 2.71 bits per heavy atom. The van der Waals surface area contributed by atoms with Crippen molar-refractivity contribution in [1.82, 2.24) is 9.88 Å². The summed E-state index contributed by atoms with van der Waals surface area (Å²) in [6.07, 6.45) is -0.00559. The van der Waals surface area contributed by atoms with Gasteiger partial charge in [0.2, 0.25) is 5.91 Å². The molecule has 0 aliphatic carbocycles. The minimum absolute atomic E-state index is 0.00559. The van der Waals surface area contributed by atoms with Crippen molar-refractivity contribution in [2.45, 2.75) is 13.0 Å². The zero-order valence-electron chi connectivity index (χ0n) is 7.28. The summed E-state index contributed by atoms with van der Waals surface area (Å²) in [6, 6.07) is 0. The molecule has 1 aliphatic rings. The van der Waals surface area contributed by atoms with Crippen LogP contribution < -0.4 is 4.87 Å². The van der Waals surface area contributed by atoms with Gasteiger partial charge >= 0.3 is 4.87 Å². The van der Waals surface area contributed by atoms with Gasteiger partial charge in [0.05, 0.1) is 19.5 Å². The molecular weight excluding hydrogens is 204 g/mol. The lowest BCUT2D eigenvalue weighted by Gasteiger charge is -2.12. The van der Waals surface area contributed by atoms with E-state index in [0.717, 1.165) is 11.3 Å². The molecule has 74 valence electrons. The van der Waals surface area contributed by atoms with E-state index in [1.165, 1.54) is 4.90 Å². The number of carbonyl (C=O) groups is 2. The highest BCUT2D eigenvalue weighted by Crippen LogP contribution is 2.10. The van der Waals surface area contributed by atoms with E-state index < -0.39 is 0 Å². The van der Waals surface area contributed by atoms with Crippen molar-refractivity contribution >= 4 is 23.0 Å². The summed E-state index contributed by atoms with van der Waals surface area (Å²) in [6.45, 7) is 0.486. The van der Waals surface area contributed by atoms with Gasteiger partial charge in [-0.3, -0.25) is 14.4 Å². The number of aromatic nitrogens is 1. The Hall–Kier alpha value is -1.43. The third-order valence-corrected chi connectivity index (χ3v) is 2.72. The quantitative estimate of drug-likeness (QED) is 0.686. The SMILES string of the molecule is O=C1CC(=O)N(Cc2csc(=O)[nH]2)C1. The van der Waals surface area contributed by atoms with Crippen LogP contribution >= 0.6 is 11.3 Å². The molecule has 0 atom stereocenters. The molecule has 1 aromatic rings. The molecule has 2 rings (SSSR count). The fourth-order valence-electron chi connectivity index (χ4n) is 1.38. The fourth-order valence-corrected chi connectivity index (χ4v) is 1.95. The monoisotopic (exact) mass is 212 g/mol. The Bertz CT molecular complexity index is 434. The van der Waals surface area contributed by atoms with Crippen molar-refractivity contribution in [2.24, 2.45) is 0 Å². The molecule has 14 heavy (non-hydrogen) atoms. The van der Waals surface area contributed by atoms with Crippen LogP contribution in [0.2, 0.25) is 0 Å². The summed E-state index contributed by atoms with van der Waals surface area (Å²) in [7, 11) is 0. The first-order chi connectivity index (χ1) is 6.65. The van der Waals surface area contributed by atoms with E-state index >= 15 is 0 Å². The second-order valence-corrected chi connectivity index (χ2v) is 3.98. The van der Waals surface area contributed by atoms with Crippen molar-refractivity contribution in [3.63, 3.8) is 0 Å². The number of hydrogen-bond acceptors (Lipinski definition) is 4. The van der Waals surface area contributed by atoms with E-state index in [1.807, 2.05) is 0 Å². The molecule has 1 aromatic heterocycles. The fraction of sp³-hybridized carbons (Fsp3) is 0.375. The number of hydrogen-bond donors (Lipinski definition) is 1. The Balaban J connectivity index is 2.08.